The van der Waals surface area contributed by atoms with E-state index >= 15 is 0 Å². The number of hydrogen-bond acceptors (Lipinski definition) is 10. The number of allylic oxidation sites excluding steroid dienone is 4. The molecule has 5 atom stereocenters. The Morgan fingerprint density at radius 1 is 0.627 bits per heavy atom. The van der Waals surface area contributed by atoms with E-state index in [0.29, 0.717) is 12.2 Å². The van der Waals surface area contributed by atoms with Gasteiger partial charge in [-0.15, -0.1) is 6.58 Å². The van der Waals surface area contributed by atoms with Gasteiger partial charge in [0.05, 0.1) is 0 Å². The molecule has 5 amide bonds. The zero-order chi connectivity index (χ0) is 50.4. The van der Waals surface area contributed by atoms with Crippen LogP contribution in [0.3, 0.4) is 0 Å². The highest BCUT2D eigenvalue weighted by Gasteiger charge is 2.31. The highest BCUT2D eigenvalue weighted by Crippen LogP contribution is 2.28. The van der Waals surface area contributed by atoms with E-state index in [1.54, 1.807) is 12.1 Å². The molecule has 0 fully saturated rings. The van der Waals surface area contributed by atoms with Gasteiger partial charge in [-0.25, -0.2) is 0 Å². The van der Waals surface area contributed by atoms with Crippen LogP contribution in [-0.2, 0) is 24.0 Å². The third-order valence-corrected chi connectivity index (χ3v) is 9.97. The van der Waals surface area contributed by atoms with E-state index in [4.69, 9.17) is 56.3 Å². The van der Waals surface area contributed by atoms with E-state index in [1.165, 1.54) is 5.57 Å². The molecule has 22 N–H and O–H groups in total. The van der Waals surface area contributed by atoms with Gasteiger partial charge < -0.3 is 77.6 Å². The summed E-state index contributed by atoms with van der Waals surface area (Å²) >= 11 is 0. The van der Waals surface area contributed by atoms with E-state index in [0.717, 1.165) is 18.4 Å². The van der Waals surface area contributed by atoms with Crippen molar-refractivity contribution in [2.45, 2.75) is 109 Å². The average molecular weight is 938 g/mol. The fourth-order valence-corrected chi connectivity index (χ4v) is 6.20. The summed E-state index contributed by atoms with van der Waals surface area (Å²) in [4.78, 5) is 83.0. The third-order valence-electron chi connectivity index (χ3n) is 9.97. The van der Waals surface area contributed by atoms with Crippen LogP contribution in [0.2, 0.25) is 0 Å². The lowest BCUT2D eigenvalue weighted by atomic mass is 9.84. The fraction of sp³-hybridized carbons (Fsp3) is 0.523. The predicted molar refractivity (Wildman–Crippen MR) is 265 cm³/mol. The molecule has 0 radical (unpaired) electrons. The van der Waals surface area contributed by atoms with Crippen molar-refractivity contribution >= 4 is 59.5 Å². The first-order valence-electron chi connectivity index (χ1n) is 22.0. The summed E-state index contributed by atoms with van der Waals surface area (Å²) < 4.78 is 5.76. The molecule has 1 rings (SSSR count). The number of aliphatic imine (C=N–C) groups is 4. The Kier molecular flexibility index (Phi) is 27.1. The molecule has 0 aromatic heterocycles. The van der Waals surface area contributed by atoms with Crippen molar-refractivity contribution in [2.24, 2.45) is 77.0 Å². The van der Waals surface area contributed by atoms with Gasteiger partial charge in [0.1, 0.15) is 29.9 Å². The molecule has 0 saturated heterocycles. The molecular formula is C44H75N17O6. The Bertz CT molecular complexity index is 1930. The molecule has 372 valence electrons. The van der Waals surface area contributed by atoms with Crippen molar-refractivity contribution in [3.8, 4) is 5.75 Å². The van der Waals surface area contributed by atoms with Crippen LogP contribution in [0, 0.1) is 5.41 Å². The molecule has 0 unspecified atom stereocenters. The summed E-state index contributed by atoms with van der Waals surface area (Å²) in [6, 6.07) is 2.32. The number of amides is 5. The summed E-state index contributed by atoms with van der Waals surface area (Å²) in [5.74, 6) is -3.94. The highest BCUT2D eigenvalue weighted by molar-refractivity contribution is 5.95. The van der Waals surface area contributed by atoms with E-state index in [-0.39, 0.29) is 100 Å². The molecule has 0 aliphatic heterocycles. The van der Waals surface area contributed by atoms with Gasteiger partial charge in [-0.1, -0.05) is 48.9 Å². The Morgan fingerprint density at radius 2 is 1.01 bits per heavy atom. The van der Waals surface area contributed by atoms with E-state index < -0.39 is 60.3 Å². The largest absolute Gasteiger partial charge is 0.484 e. The molecular weight excluding hydrogens is 863 g/mol. The van der Waals surface area contributed by atoms with Gasteiger partial charge in [-0.3, -0.25) is 43.9 Å². The van der Waals surface area contributed by atoms with Crippen LogP contribution in [0.4, 0.5) is 0 Å². The molecule has 1 aromatic carbocycles. The number of guanidine groups is 4. The van der Waals surface area contributed by atoms with E-state index in [1.807, 2.05) is 24.3 Å². The second kappa shape index (κ2) is 31.5. The Morgan fingerprint density at radius 3 is 1.39 bits per heavy atom. The summed E-state index contributed by atoms with van der Waals surface area (Å²) in [6.45, 7) is 10.4. The van der Waals surface area contributed by atoms with Crippen molar-refractivity contribution in [1.29, 1.82) is 0 Å². The van der Waals surface area contributed by atoms with Crippen LogP contribution >= 0.6 is 0 Å². The Hall–Kier alpha value is -7.33. The monoisotopic (exact) mass is 938 g/mol. The molecule has 0 aliphatic carbocycles. The number of carbonyl (C=O) groups excluding carboxylic acids is 5. The maximum atomic E-state index is 14.0. The molecule has 1 aromatic rings. The van der Waals surface area contributed by atoms with Gasteiger partial charge in [0.25, 0.3) is 5.91 Å². The van der Waals surface area contributed by atoms with Crippen LogP contribution in [0.15, 0.2) is 74.6 Å². The number of benzene rings is 1. The molecule has 0 bridgehead atoms. The van der Waals surface area contributed by atoms with Crippen LogP contribution in [0.5, 0.6) is 5.75 Å². The predicted octanol–water partition coefficient (Wildman–Crippen LogP) is -1.34. The molecule has 0 heterocycles. The van der Waals surface area contributed by atoms with Crippen molar-refractivity contribution in [2.75, 3.05) is 32.8 Å². The van der Waals surface area contributed by atoms with Crippen molar-refractivity contribution < 1.29 is 28.7 Å². The fourth-order valence-electron chi connectivity index (χ4n) is 6.20. The van der Waals surface area contributed by atoms with E-state index in [2.05, 4.69) is 80.7 Å². The first-order valence-corrected chi connectivity index (χ1v) is 22.0. The van der Waals surface area contributed by atoms with Crippen LogP contribution in [0.1, 0.15) is 90.5 Å². The van der Waals surface area contributed by atoms with E-state index in [9.17, 15) is 24.0 Å². The summed E-state index contributed by atoms with van der Waals surface area (Å²) in [5.41, 5.74) is 51.2. The van der Waals surface area contributed by atoms with Gasteiger partial charge in [0.15, 0.2) is 30.4 Å². The van der Waals surface area contributed by atoms with Gasteiger partial charge >= 0.3 is 0 Å². The summed E-state index contributed by atoms with van der Waals surface area (Å²) in [7, 11) is 0. The quantitative estimate of drug-likeness (QED) is 0.0168. The zero-order valence-electron chi connectivity index (χ0n) is 39.2. The number of nitrogens with zero attached hydrogens (tertiary/aromatic N) is 4. The third kappa shape index (κ3) is 26.9. The topological polar surface area (TPSA) is 426 Å². The first-order chi connectivity index (χ1) is 31.6. The standard InChI is InChI=1S/C44H75N17O6/c1-5-44(4,21-6-11-28(2)3)22-20-29-16-18-30(19-17-29)67-27-35(62)58-32(13-8-24-55-41(48)49)37(64)60-34(15-10-26-57-43(52)53)39(66)61-33(14-9-25-56-42(50)51)38(65)59-31(36(45)63)12-7-23-54-40(46)47/h5,11,16-20,22,31-34H,1,6-10,12-15,21,23-27H2,2-4H3,(H2,45,63)(H,58,62)(H,59,65)(H,60,64)(H,61,66)(H4,46,47,54)(H4,48,49,55)(H4,50,51,56)(H4,52,53,57)/b22-20+/t31-,32-,33-,34-,44-/m0/s1. The molecule has 0 saturated carbocycles. The second-order valence-corrected chi connectivity index (χ2v) is 16.2. The second-order valence-electron chi connectivity index (χ2n) is 16.2. The van der Waals surface area contributed by atoms with Crippen LogP contribution in [0.25, 0.3) is 6.08 Å². The Balaban J connectivity index is 3.30. The maximum absolute atomic E-state index is 14.0. The lowest BCUT2D eigenvalue weighted by Crippen LogP contribution is -2.58. The van der Waals surface area contributed by atoms with Crippen molar-refractivity contribution in [3.05, 3.63) is 60.2 Å². The van der Waals surface area contributed by atoms with Gasteiger partial charge in [-0.2, -0.15) is 0 Å². The number of ether oxygens (including phenoxy) is 1. The number of primary amides is 1. The van der Waals surface area contributed by atoms with Gasteiger partial charge in [-0.05, 0) is 95.8 Å². The van der Waals surface area contributed by atoms with Crippen molar-refractivity contribution in [3.63, 3.8) is 0 Å². The number of nitrogens with two attached hydrogens (primary N) is 9. The van der Waals surface area contributed by atoms with Crippen LogP contribution < -0.4 is 77.6 Å². The minimum Gasteiger partial charge on any atom is -0.484 e. The molecule has 23 nitrogen and oxygen atoms in total. The first kappa shape index (κ1) is 57.7. The maximum Gasteiger partial charge on any atom is 0.258 e. The van der Waals surface area contributed by atoms with Crippen molar-refractivity contribution in [1.82, 2.24) is 21.3 Å². The highest BCUT2D eigenvalue weighted by atomic mass is 16.5. The smallest absolute Gasteiger partial charge is 0.258 e. The lowest BCUT2D eigenvalue weighted by molar-refractivity contribution is -0.134. The number of carbonyl (C=O) groups is 5. The lowest BCUT2D eigenvalue weighted by Gasteiger charge is -2.26. The van der Waals surface area contributed by atoms with Gasteiger partial charge in [0.2, 0.25) is 23.6 Å². The molecule has 23 heteroatoms. The van der Waals surface area contributed by atoms with Crippen LogP contribution in [-0.4, -0.2) is 110 Å². The van der Waals surface area contributed by atoms with Gasteiger partial charge in [0, 0.05) is 31.6 Å². The normalized spacial score (nSPS) is 13.4. The number of nitrogens with one attached hydrogen (secondary N) is 4. The molecule has 67 heavy (non-hydrogen) atoms. The minimum atomic E-state index is -1.27. The zero-order valence-corrected chi connectivity index (χ0v) is 39.2. The number of hydrogen-bond donors (Lipinski definition) is 13. The molecule has 0 aliphatic rings. The minimum absolute atomic E-state index is 0.00289. The summed E-state index contributed by atoms with van der Waals surface area (Å²) in [6.07, 6.45) is 11.2. The summed E-state index contributed by atoms with van der Waals surface area (Å²) in [5, 5.41) is 10.6. The number of rotatable bonds is 33. The molecule has 0 spiro atoms. The average Bonchev–Trinajstić information content (AvgIpc) is 3.25. The Labute approximate surface area is 393 Å². The SMILES string of the molecule is C=C[C@](C)(/C=C/c1ccc(OCC(=O)N[C@@H](CCCN=C(N)N)C(=O)N[C@@H](CCCN=C(N)N)C(=O)N[C@@H](CCCN=C(N)N)C(=O)N[C@@H](CCCN=C(N)N)C(N)=O)cc1)CCC=C(C)C.